The molecule has 2 atom stereocenters. The molecular weight excluding hydrogens is 326 g/mol. The van der Waals surface area contributed by atoms with Crippen molar-refractivity contribution in [3.05, 3.63) is 35.9 Å². The van der Waals surface area contributed by atoms with Crippen molar-refractivity contribution in [3.63, 3.8) is 0 Å². The van der Waals surface area contributed by atoms with Gasteiger partial charge in [0.2, 0.25) is 5.91 Å². The molecule has 8 heteroatoms. The van der Waals surface area contributed by atoms with E-state index in [1.54, 1.807) is 44.2 Å². The molecule has 0 saturated carbocycles. The van der Waals surface area contributed by atoms with Gasteiger partial charge in [-0.15, -0.1) is 0 Å². The highest BCUT2D eigenvalue weighted by atomic mass is 16.5. The van der Waals surface area contributed by atoms with E-state index < -0.39 is 35.7 Å². The predicted octanol–water partition coefficient (Wildman–Crippen LogP) is 0.435. The second kappa shape index (κ2) is 6.46. The van der Waals surface area contributed by atoms with Gasteiger partial charge in [-0.05, 0) is 26.0 Å². The Bertz CT molecular complexity index is 774. The van der Waals surface area contributed by atoms with Gasteiger partial charge in [0.1, 0.15) is 5.92 Å². The van der Waals surface area contributed by atoms with E-state index >= 15 is 0 Å². The van der Waals surface area contributed by atoms with Gasteiger partial charge in [-0.25, -0.2) is 9.80 Å². The molecule has 1 aromatic rings. The molecule has 0 aliphatic carbocycles. The molecule has 0 radical (unpaired) electrons. The van der Waals surface area contributed by atoms with Crippen LogP contribution >= 0.6 is 0 Å². The summed E-state index contributed by atoms with van der Waals surface area (Å²) in [7, 11) is 0. The summed E-state index contributed by atoms with van der Waals surface area (Å²) in [5, 5.41) is 4.93. The van der Waals surface area contributed by atoms with E-state index in [2.05, 4.69) is 5.10 Å². The molecule has 2 aliphatic rings. The number of likely N-dealkylation sites (N-methyl/N-ethyl adjacent to an activating group) is 1. The predicted molar refractivity (Wildman–Crippen MR) is 86.4 cm³/mol. The Morgan fingerprint density at radius 1 is 1.12 bits per heavy atom. The maximum Gasteiger partial charge on any atom is 0.355 e. The van der Waals surface area contributed by atoms with Gasteiger partial charge in [-0.3, -0.25) is 19.3 Å². The number of carbonyl (C=O) groups excluding carboxylic acids is 4. The molecule has 3 rings (SSSR count). The molecule has 0 spiro atoms. The smallest absolute Gasteiger partial charge is 0.355 e. The van der Waals surface area contributed by atoms with E-state index in [-0.39, 0.29) is 18.9 Å². The van der Waals surface area contributed by atoms with Crippen molar-refractivity contribution < 1.29 is 23.9 Å². The zero-order valence-corrected chi connectivity index (χ0v) is 13.8. The van der Waals surface area contributed by atoms with Crippen molar-refractivity contribution in [2.45, 2.75) is 19.9 Å². The largest absolute Gasteiger partial charge is 0.461 e. The third-order valence-electron chi connectivity index (χ3n) is 4.17. The van der Waals surface area contributed by atoms with E-state index in [4.69, 9.17) is 4.74 Å². The highest BCUT2D eigenvalue weighted by Gasteiger charge is 2.59. The van der Waals surface area contributed by atoms with Crippen molar-refractivity contribution >= 4 is 29.4 Å². The first-order chi connectivity index (χ1) is 12.0. The van der Waals surface area contributed by atoms with Crippen LogP contribution in [0, 0.1) is 5.92 Å². The summed E-state index contributed by atoms with van der Waals surface area (Å²) in [6, 6.07) is 7.12. The summed E-state index contributed by atoms with van der Waals surface area (Å²) in [6.45, 7) is 3.54. The normalized spacial score (nSPS) is 22.1. The number of hydrogen-bond donors (Lipinski definition) is 0. The number of likely N-dealkylation sites (tertiary alicyclic amines) is 1. The lowest BCUT2D eigenvalue weighted by Crippen LogP contribution is -2.42. The second-order valence-electron chi connectivity index (χ2n) is 5.56. The lowest BCUT2D eigenvalue weighted by Gasteiger charge is -2.19. The minimum absolute atomic E-state index is 0.0987. The van der Waals surface area contributed by atoms with E-state index in [0.29, 0.717) is 5.56 Å². The van der Waals surface area contributed by atoms with Crippen LogP contribution in [0.1, 0.15) is 24.2 Å². The first-order valence-corrected chi connectivity index (χ1v) is 8.00. The average Bonchev–Trinajstić information content (AvgIpc) is 3.13. The minimum atomic E-state index is -1.14. The van der Waals surface area contributed by atoms with Crippen LogP contribution in [0.3, 0.4) is 0 Å². The number of rotatable bonds is 4. The van der Waals surface area contributed by atoms with Crippen LogP contribution in [0.4, 0.5) is 0 Å². The Balaban J connectivity index is 2.03. The Hall–Kier alpha value is -3.03. The monoisotopic (exact) mass is 343 g/mol. The Morgan fingerprint density at radius 2 is 1.80 bits per heavy atom. The molecule has 1 saturated heterocycles. The quantitative estimate of drug-likeness (QED) is 0.584. The number of esters is 1. The highest BCUT2D eigenvalue weighted by Crippen LogP contribution is 2.33. The number of imide groups is 1. The van der Waals surface area contributed by atoms with Gasteiger partial charge in [0.25, 0.3) is 11.8 Å². The Morgan fingerprint density at radius 3 is 2.40 bits per heavy atom. The molecule has 25 heavy (non-hydrogen) atoms. The molecule has 0 aromatic heterocycles. The van der Waals surface area contributed by atoms with Crippen molar-refractivity contribution in [3.8, 4) is 0 Å². The number of amides is 3. The molecule has 1 aromatic carbocycles. The van der Waals surface area contributed by atoms with E-state index in [1.165, 1.54) is 0 Å². The maximum absolute atomic E-state index is 12.7. The number of hydrogen-bond acceptors (Lipinski definition) is 6. The van der Waals surface area contributed by atoms with Gasteiger partial charge < -0.3 is 4.74 Å². The van der Waals surface area contributed by atoms with Crippen molar-refractivity contribution in [1.82, 2.24) is 9.91 Å². The summed E-state index contributed by atoms with van der Waals surface area (Å²) in [6.07, 6.45) is 0. The number of carbonyl (C=O) groups is 4. The number of ether oxygens (including phenoxy) is 1. The van der Waals surface area contributed by atoms with Crippen LogP contribution in [-0.2, 0) is 19.1 Å². The van der Waals surface area contributed by atoms with Crippen LogP contribution in [0.25, 0.3) is 0 Å². The third kappa shape index (κ3) is 2.59. The van der Waals surface area contributed by atoms with Crippen molar-refractivity contribution in [2.75, 3.05) is 13.2 Å². The summed E-state index contributed by atoms with van der Waals surface area (Å²) in [4.78, 5) is 51.1. The van der Waals surface area contributed by atoms with Crippen LogP contribution in [0.5, 0.6) is 0 Å². The molecule has 1 fully saturated rings. The topological polar surface area (TPSA) is 96.3 Å². The molecule has 2 aliphatic heterocycles. The van der Waals surface area contributed by atoms with Gasteiger partial charge in [0, 0.05) is 12.1 Å². The molecule has 0 bridgehead atoms. The molecule has 0 unspecified atom stereocenters. The maximum atomic E-state index is 12.7. The van der Waals surface area contributed by atoms with Gasteiger partial charge in [-0.1, -0.05) is 18.2 Å². The second-order valence-corrected chi connectivity index (χ2v) is 5.56. The average molecular weight is 343 g/mol. The molecule has 2 heterocycles. The van der Waals surface area contributed by atoms with E-state index in [0.717, 1.165) is 9.91 Å². The first-order valence-electron chi connectivity index (χ1n) is 8.00. The fourth-order valence-electron chi connectivity index (χ4n) is 3.04. The molecule has 3 amide bonds. The Kier molecular flexibility index (Phi) is 4.35. The lowest BCUT2D eigenvalue weighted by molar-refractivity contribution is -0.141. The third-order valence-corrected chi connectivity index (χ3v) is 4.17. The number of hydrazone groups is 1. The van der Waals surface area contributed by atoms with Crippen molar-refractivity contribution in [2.24, 2.45) is 11.0 Å². The number of fused-ring (bicyclic) bond motifs is 1. The lowest BCUT2D eigenvalue weighted by atomic mass is 9.97. The molecule has 8 nitrogen and oxygen atoms in total. The number of benzene rings is 1. The zero-order chi connectivity index (χ0) is 18.1. The highest BCUT2D eigenvalue weighted by molar-refractivity contribution is 6.44. The fourth-order valence-corrected chi connectivity index (χ4v) is 3.04. The van der Waals surface area contributed by atoms with Gasteiger partial charge in [0.05, 0.1) is 6.61 Å². The van der Waals surface area contributed by atoms with E-state index in [1.807, 2.05) is 0 Å². The van der Waals surface area contributed by atoms with Crippen LogP contribution in [0.15, 0.2) is 35.4 Å². The van der Waals surface area contributed by atoms with E-state index in [9.17, 15) is 19.2 Å². The van der Waals surface area contributed by atoms with Gasteiger partial charge in [0.15, 0.2) is 11.8 Å². The SMILES string of the molecule is CCOC(=O)C1=NN(C(=O)c2ccccc2)[C@@H]2C(=O)N(CC)C(=O)[C@H]12. The molecular formula is C17H17N3O5. The standard InChI is InChI=1S/C17H17N3O5/c1-3-19-15(22)11-12(17(24)25-4-2)18-20(13(11)16(19)23)14(21)10-8-6-5-7-9-10/h5-9,11,13H,3-4H2,1-2H3/t11-,13+/m1/s1. The first kappa shape index (κ1) is 16.8. The summed E-state index contributed by atoms with van der Waals surface area (Å²) in [5.74, 6) is -3.52. The summed E-state index contributed by atoms with van der Waals surface area (Å²) >= 11 is 0. The van der Waals surface area contributed by atoms with Gasteiger partial charge >= 0.3 is 5.97 Å². The zero-order valence-electron chi connectivity index (χ0n) is 13.8. The van der Waals surface area contributed by atoms with Crippen LogP contribution < -0.4 is 0 Å². The van der Waals surface area contributed by atoms with Crippen molar-refractivity contribution in [1.29, 1.82) is 0 Å². The fraction of sp³-hybridized carbons (Fsp3) is 0.353. The summed E-state index contributed by atoms with van der Waals surface area (Å²) in [5.41, 5.74) is 0.107. The van der Waals surface area contributed by atoms with Gasteiger partial charge in [-0.2, -0.15) is 5.10 Å². The molecule has 0 N–H and O–H groups in total. The van der Waals surface area contributed by atoms with Crippen LogP contribution in [-0.4, -0.2) is 58.5 Å². The van der Waals surface area contributed by atoms with Crippen LogP contribution in [0.2, 0.25) is 0 Å². The molecule has 130 valence electrons. The summed E-state index contributed by atoms with van der Waals surface area (Å²) < 4.78 is 4.93. The minimum Gasteiger partial charge on any atom is -0.461 e. The number of nitrogens with zero attached hydrogens (tertiary/aromatic N) is 3. The Labute approximate surface area is 144 Å².